The van der Waals surface area contributed by atoms with E-state index in [1.54, 1.807) is 0 Å². The molecule has 0 aliphatic carbocycles. The quantitative estimate of drug-likeness (QED) is 0.185. The Hall–Kier alpha value is -5.71. The molecular formula is C43H31N. The molecule has 0 N–H and O–H groups in total. The average Bonchev–Trinajstić information content (AvgIpc) is 3.11. The highest BCUT2D eigenvalue weighted by molar-refractivity contribution is 6.04. The second kappa shape index (κ2) is 11.5. The van der Waals surface area contributed by atoms with Crippen molar-refractivity contribution in [3.63, 3.8) is 0 Å². The van der Waals surface area contributed by atoms with E-state index in [1.165, 1.54) is 49.7 Å². The van der Waals surface area contributed by atoms with E-state index < -0.39 is 0 Å². The molecule has 0 aliphatic rings. The first-order valence-corrected chi connectivity index (χ1v) is 15.0. The summed E-state index contributed by atoms with van der Waals surface area (Å²) >= 11 is 0. The second-order valence-corrected chi connectivity index (χ2v) is 11.4. The fourth-order valence-corrected chi connectivity index (χ4v) is 6.45. The first kappa shape index (κ1) is 27.1. The summed E-state index contributed by atoms with van der Waals surface area (Å²) in [7, 11) is 0. The molecule has 0 radical (unpaired) electrons. The Bertz CT molecular complexity index is 2060. The van der Waals surface area contributed by atoms with Gasteiger partial charge in [0.2, 0.25) is 0 Å². The zero-order valence-electron chi connectivity index (χ0n) is 24.6. The van der Waals surface area contributed by atoms with Crippen LogP contribution in [0.4, 0.5) is 0 Å². The lowest BCUT2D eigenvalue weighted by atomic mass is 9.71. The van der Waals surface area contributed by atoms with E-state index in [0.29, 0.717) is 5.56 Å². The lowest BCUT2D eigenvalue weighted by molar-refractivity contribution is 0.692. The topological polar surface area (TPSA) is 23.8 Å². The minimum Gasteiger partial charge on any atom is -0.192 e. The van der Waals surface area contributed by atoms with Crippen LogP contribution < -0.4 is 0 Å². The summed E-state index contributed by atoms with van der Waals surface area (Å²) in [6, 6.07) is 62.5. The number of hydrogen-bond acceptors (Lipinski definition) is 1. The normalized spacial score (nSPS) is 11.3. The third-order valence-corrected chi connectivity index (χ3v) is 8.90. The Labute approximate surface area is 259 Å². The first-order chi connectivity index (χ1) is 21.6. The molecule has 0 aliphatic heterocycles. The van der Waals surface area contributed by atoms with Gasteiger partial charge in [0, 0.05) is 5.41 Å². The van der Waals surface area contributed by atoms with E-state index in [0.717, 1.165) is 11.1 Å². The lowest BCUT2D eigenvalue weighted by Crippen LogP contribution is -2.25. The largest absolute Gasteiger partial charge is 0.192 e. The maximum atomic E-state index is 9.37. The van der Waals surface area contributed by atoms with E-state index >= 15 is 0 Å². The highest BCUT2D eigenvalue weighted by Gasteiger charge is 2.31. The van der Waals surface area contributed by atoms with Crippen LogP contribution in [0.3, 0.4) is 0 Å². The van der Waals surface area contributed by atoms with Crippen LogP contribution in [0.5, 0.6) is 0 Å². The first-order valence-electron chi connectivity index (χ1n) is 15.0. The minimum atomic E-state index is -0.286. The van der Waals surface area contributed by atoms with Crippen molar-refractivity contribution in [1.82, 2.24) is 0 Å². The molecule has 0 saturated heterocycles. The summed E-state index contributed by atoms with van der Waals surface area (Å²) in [6.45, 7) is 2.32. The van der Waals surface area contributed by atoms with E-state index in [9.17, 15) is 5.26 Å². The van der Waals surface area contributed by atoms with Crippen LogP contribution in [-0.2, 0) is 5.41 Å². The summed E-state index contributed by atoms with van der Waals surface area (Å²) < 4.78 is 0. The molecule has 7 rings (SSSR count). The van der Waals surface area contributed by atoms with Gasteiger partial charge in [-0.05, 0) is 79.9 Å². The number of rotatable bonds is 6. The molecule has 7 aromatic carbocycles. The van der Waals surface area contributed by atoms with Crippen LogP contribution in [0.25, 0.3) is 44.2 Å². The molecule has 0 bridgehead atoms. The molecule has 0 amide bonds. The van der Waals surface area contributed by atoms with Crippen molar-refractivity contribution in [2.45, 2.75) is 12.3 Å². The van der Waals surface area contributed by atoms with Crippen molar-refractivity contribution in [3.8, 4) is 39.4 Å². The van der Waals surface area contributed by atoms with Crippen LogP contribution in [0.15, 0.2) is 170 Å². The monoisotopic (exact) mass is 561 g/mol. The smallest absolute Gasteiger partial charge is 0.0991 e. The Kier molecular flexibility index (Phi) is 7.11. The van der Waals surface area contributed by atoms with Gasteiger partial charge in [0.05, 0.1) is 11.6 Å². The molecule has 0 spiro atoms. The fourth-order valence-electron chi connectivity index (χ4n) is 6.45. The third-order valence-electron chi connectivity index (χ3n) is 8.90. The fraction of sp³-hybridized carbons (Fsp3) is 0.0465. The van der Waals surface area contributed by atoms with E-state index in [2.05, 4.69) is 165 Å². The van der Waals surface area contributed by atoms with Crippen molar-refractivity contribution in [2.24, 2.45) is 0 Å². The summed E-state index contributed by atoms with van der Waals surface area (Å²) in [5, 5.41) is 11.8. The van der Waals surface area contributed by atoms with E-state index in [4.69, 9.17) is 0 Å². The number of benzene rings is 7. The van der Waals surface area contributed by atoms with Gasteiger partial charge in [0.15, 0.2) is 0 Å². The maximum absolute atomic E-state index is 9.37. The van der Waals surface area contributed by atoms with Crippen LogP contribution in [0.2, 0.25) is 0 Å². The van der Waals surface area contributed by atoms with Crippen molar-refractivity contribution in [2.75, 3.05) is 0 Å². The van der Waals surface area contributed by atoms with Crippen LogP contribution in [0.1, 0.15) is 29.2 Å². The van der Waals surface area contributed by atoms with Gasteiger partial charge >= 0.3 is 0 Å². The predicted molar refractivity (Wildman–Crippen MR) is 183 cm³/mol. The second-order valence-electron chi connectivity index (χ2n) is 11.4. The Balaban J connectivity index is 1.34. The maximum Gasteiger partial charge on any atom is 0.0991 e. The standard InChI is InChI=1S/C43H31N/c1-43(37-14-4-2-5-15-37,38-16-6-3-7-17-38)39-26-23-34(24-27-39)41-28-25-33-12-8-9-18-40(33)42(41)35-21-19-32(20-22-35)36-13-10-11-31(29-36)30-44/h2-29H,1H3. The van der Waals surface area contributed by atoms with Gasteiger partial charge in [-0.15, -0.1) is 0 Å². The SMILES string of the molecule is CC(c1ccccc1)(c1ccccc1)c1ccc(-c2ccc3ccccc3c2-c2ccc(-c3cccc(C#N)c3)cc2)cc1. The number of hydrogen-bond donors (Lipinski definition) is 0. The lowest BCUT2D eigenvalue weighted by Gasteiger charge is -2.32. The predicted octanol–water partition coefficient (Wildman–Crippen LogP) is 11.1. The molecule has 1 heteroatoms. The molecule has 0 atom stereocenters. The van der Waals surface area contributed by atoms with Gasteiger partial charge in [-0.25, -0.2) is 0 Å². The van der Waals surface area contributed by atoms with Crippen LogP contribution in [0, 0.1) is 11.3 Å². The van der Waals surface area contributed by atoms with Crippen molar-refractivity contribution in [1.29, 1.82) is 5.26 Å². The molecular weight excluding hydrogens is 530 g/mol. The Morgan fingerprint density at radius 2 is 1.02 bits per heavy atom. The molecule has 44 heavy (non-hydrogen) atoms. The van der Waals surface area contributed by atoms with Gasteiger partial charge in [-0.2, -0.15) is 5.26 Å². The zero-order valence-corrected chi connectivity index (χ0v) is 24.6. The van der Waals surface area contributed by atoms with Crippen molar-refractivity contribution < 1.29 is 0 Å². The molecule has 0 unspecified atom stereocenters. The average molecular weight is 562 g/mol. The zero-order chi connectivity index (χ0) is 29.9. The molecule has 0 heterocycles. The third kappa shape index (κ3) is 4.87. The van der Waals surface area contributed by atoms with Gasteiger partial charge in [-0.3, -0.25) is 0 Å². The van der Waals surface area contributed by atoms with Gasteiger partial charge < -0.3 is 0 Å². The summed E-state index contributed by atoms with van der Waals surface area (Å²) in [4.78, 5) is 0. The molecule has 208 valence electrons. The van der Waals surface area contributed by atoms with Gasteiger partial charge in [0.1, 0.15) is 0 Å². The molecule has 7 aromatic rings. The van der Waals surface area contributed by atoms with Crippen LogP contribution >= 0.6 is 0 Å². The highest BCUT2D eigenvalue weighted by atomic mass is 14.3. The molecule has 1 nitrogen and oxygen atoms in total. The summed E-state index contributed by atoms with van der Waals surface area (Å²) in [6.07, 6.45) is 0. The van der Waals surface area contributed by atoms with Gasteiger partial charge in [0.25, 0.3) is 0 Å². The highest BCUT2D eigenvalue weighted by Crippen LogP contribution is 2.42. The Morgan fingerprint density at radius 1 is 0.455 bits per heavy atom. The van der Waals surface area contributed by atoms with Crippen LogP contribution in [-0.4, -0.2) is 0 Å². The summed E-state index contributed by atoms with van der Waals surface area (Å²) in [5.41, 5.74) is 11.1. The molecule has 0 saturated carbocycles. The number of nitrogens with zero attached hydrogens (tertiary/aromatic N) is 1. The van der Waals surface area contributed by atoms with E-state index in [1.807, 2.05) is 18.2 Å². The van der Waals surface area contributed by atoms with Crippen molar-refractivity contribution in [3.05, 3.63) is 192 Å². The minimum absolute atomic E-state index is 0.286. The van der Waals surface area contributed by atoms with E-state index in [-0.39, 0.29) is 5.41 Å². The molecule has 0 fully saturated rings. The number of fused-ring (bicyclic) bond motifs is 1. The van der Waals surface area contributed by atoms with Crippen molar-refractivity contribution >= 4 is 10.8 Å². The number of nitriles is 1. The summed E-state index contributed by atoms with van der Waals surface area (Å²) in [5.74, 6) is 0. The molecule has 0 aromatic heterocycles. The Morgan fingerprint density at radius 3 is 1.68 bits per heavy atom. The van der Waals surface area contributed by atoms with Gasteiger partial charge in [-0.1, -0.05) is 158 Å².